The molecule has 0 spiro atoms. The van der Waals surface area contributed by atoms with Crippen LogP contribution in [0.4, 0.5) is 0 Å². The summed E-state index contributed by atoms with van der Waals surface area (Å²) in [7, 11) is 0. The van der Waals surface area contributed by atoms with Crippen molar-refractivity contribution in [2.75, 3.05) is 6.54 Å². The highest BCUT2D eigenvalue weighted by Gasteiger charge is 2.50. The molecule has 3 N–H and O–H groups in total. The summed E-state index contributed by atoms with van der Waals surface area (Å²) < 4.78 is 0. The van der Waals surface area contributed by atoms with Crippen LogP contribution in [0.3, 0.4) is 0 Å². The molecular weight excluding hydrogens is 352 g/mol. The van der Waals surface area contributed by atoms with Gasteiger partial charge in [0.15, 0.2) is 0 Å². The summed E-state index contributed by atoms with van der Waals surface area (Å²) in [4.78, 5) is 15.6. The van der Waals surface area contributed by atoms with Crippen LogP contribution in [0.25, 0.3) is 0 Å². The Morgan fingerprint density at radius 3 is 2.46 bits per heavy atom. The number of carbonyl (C=O) groups is 1. The van der Waals surface area contributed by atoms with Gasteiger partial charge in [-0.25, -0.2) is 0 Å². The minimum absolute atomic E-state index is 0.0650. The number of allylic oxidation sites excluding steroid dienone is 1. The van der Waals surface area contributed by atoms with Crippen molar-refractivity contribution in [2.24, 2.45) is 23.7 Å². The van der Waals surface area contributed by atoms with Crippen LogP contribution in [0.5, 0.6) is 0 Å². The van der Waals surface area contributed by atoms with Crippen LogP contribution in [0, 0.1) is 23.7 Å². The predicted octanol–water partition coefficient (Wildman–Crippen LogP) is 2.57. The normalized spacial score (nSPS) is 48.4. The van der Waals surface area contributed by atoms with Crippen molar-refractivity contribution in [3.63, 3.8) is 0 Å². The zero-order chi connectivity index (χ0) is 19.3. The first-order chi connectivity index (χ1) is 13.6. The lowest BCUT2D eigenvalue weighted by Crippen LogP contribution is -2.68. The van der Waals surface area contributed by atoms with Crippen molar-refractivity contribution in [2.45, 2.75) is 95.0 Å². The first-order valence-electron chi connectivity index (χ1n) is 11.8. The number of nitrogens with one attached hydrogen (secondary N) is 1. The number of fused-ring (bicyclic) bond motifs is 4. The molecule has 0 radical (unpaired) electrons. The van der Waals surface area contributed by atoms with Gasteiger partial charge in [0.05, 0.1) is 18.1 Å². The largest absolute Gasteiger partial charge is 0.390 e. The van der Waals surface area contributed by atoms with Crippen LogP contribution >= 0.6 is 0 Å². The number of hydrogen-bond acceptors (Lipinski definition) is 4. The van der Waals surface area contributed by atoms with Crippen molar-refractivity contribution in [1.82, 2.24) is 10.2 Å². The second kappa shape index (κ2) is 7.73. The number of aliphatic hydroxyl groups is 2. The minimum atomic E-state index is -0.610. The van der Waals surface area contributed by atoms with Gasteiger partial charge in [0.1, 0.15) is 6.17 Å². The third-order valence-corrected chi connectivity index (χ3v) is 8.45. The Hall–Kier alpha value is -0.910. The maximum absolute atomic E-state index is 12.9. The van der Waals surface area contributed by atoms with Gasteiger partial charge in [-0.2, -0.15) is 0 Å². The number of carbonyl (C=O) groups excluding carboxylic acids is 1. The van der Waals surface area contributed by atoms with Crippen molar-refractivity contribution < 1.29 is 15.0 Å². The van der Waals surface area contributed by atoms with Crippen LogP contribution in [-0.4, -0.2) is 52.0 Å². The van der Waals surface area contributed by atoms with Crippen LogP contribution in [0.15, 0.2) is 11.6 Å². The quantitative estimate of drug-likeness (QED) is 0.604. The molecule has 28 heavy (non-hydrogen) atoms. The highest BCUT2D eigenvalue weighted by Crippen LogP contribution is 2.46. The second-order valence-corrected chi connectivity index (χ2v) is 10.1. The Morgan fingerprint density at radius 2 is 1.64 bits per heavy atom. The molecule has 8 unspecified atom stereocenters. The van der Waals surface area contributed by atoms with Gasteiger partial charge in [-0.3, -0.25) is 9.69 Å². The van der Waals surface area contributed by atoms with Crippen molar-refractivity contribution >= 4 is 5.91 Å². The van der Waals surface area contributed by atoms with E-state index in [-0.39, 0.29) is 18.0 Å². The van der Waals surface area contributed by atoms with Gasteiger partial charge in [-0.15, -0.1) is 0 Å². The monoisotopic (exact) mass is 388 g/mol. The molecule has 1 amide bonds. The standard InChI is InChI=1S/C23H36N2O3/c26-20-10-9-14(12-21(20)27)11-18-16-6-2-1-5-15(16)13-25-19-8-4-3-7-17(19)23(28)24-22(18)25/h11,14-17,19-22,26-27H,1-10,12-13H2,(H,24,28)/b18-11+. The molecule has 5 nitrogen and oxygen atoms in total. The maximum atomic E-state index is 12.9. The van der Waals surface area contributed by atoms with E-state index in [0.29, 0.717) is 36.6 Å². The zero-order valence-electron chi connectivity index (χ0n) is 16.9. The van der Waals surface area contributed by atoms with E-state index in [1.165, 1.54) is 44.1 Å². The Kier molecular flexibility index (Phi) is 5.27. The lowest BCUT2D eigenvalue weighted by atomic mass is 9.68. The summed E-state index contributed by atoms with van der Waals surface area (Å²) in [5, 5.41) is 23.5. The predicted molar refractivity (Wildman–Crippen MR) is 107 cm³/mol. The molecule has 0 aromatic rings. The molecule has 0 aromatic carbocycles. The van der Waals surface area contributed by atoms with Crippen molar-refractivity contribution in [3.05, 3.63) is 11.6 Å². The van der Waals surface area contributed by atoms with Gasteiger partial charge in [-0.05, 0) is 68.3 Å². The summed E-state index contributed by atoms with van der Waals surface area (Å²) >= 11 is 0. The molecule has 2 heterocycles. The van der Waals surface area contributed by atoms with Crippen LogP contribution in [0.2, 0.25) is 0 Å². The zero-order valence-corrected chi connectivity index (χ0v) is 16.9. The molecule has 0 bridgehead atoms. The maximum Gasteiger partial charge on any atom is 0.226 e. The van der Waals surface area contributed by atoms with Gasteiger partial charge >= 0.3 is 0 Å². The van der Waals surface area contributed by atoms with Gasteiger partial charge in [0.2, 0.25) is 5.91 Å². The molecule has 3 aliphatic carbocycles. The molecule has 2 aliphatic heterocycles. The number of hydrogen-bond donors (Lipinski definition) is 3. The van der Waals surface area contributed by atoms with Crippen LogP contribution < -0.4 is 5.32 Å². The van der Waals surface area contributed by atoms with Gasteiger partial charge < -0.3 is 15.5 Å². The van der Waals surface area contributed by atoms with E-state index in [1.807, 2.05) is 0 Å². The fourth-order valence-corrected chi connectivity index (χ4v) is 6.99. The summed E-state index contributed by atoms with van der Waals surface area (Å²) in [5.41, 5.74) is 1.43. The number of piperidine rings is 1. The molecule has 5 aliphatic rings. The van der Waals surface area contributed by atoms with E-state index in [4.69, 9.17) is 0 Å². The Balaban J connectivity index is 1.46. The number of amides is 1. The lowest BCUT2D eigenvalue weighted by Gasteiger charge is -2.56. The molecule has 3 saturated carbocycles. The first-order valence-corrected chi connectivity index (χ1v) is 11.8. The van der Waals surface area contributed by atoms with Gasteiger partial charge in [0, 0.05) is 12.6 Å². The first kappa shape index (κ1) is 19.1. The summed E-state index contributed by atoms with van der Waals surface area (Å²) in [6.07, 6.45) is 13.4. The smallest absolute Gasteiger partial charge is 0.226 e. The summed E-state index contributed by atoms with van der Waals surface area (Å²) in [6, 6.07) is 0.414. The van der Waals surface area contributed by atoms with Crippen molar-refractivity contribution in [1.29, 1.82) is 0 Å². The lowest BCUT2D eigenvalue weighted by molar-refractivity contribution is -0.140. The number of rotatable bonds is 1. The van der Waals surface area contributed by atoms with Crippen LogP contribution in [-0.2, 0) is 4.79 Å². The van der Waals surface area contributed by atoms with Gasteiger partial charge in [-0.1, -0.05) is 31.8 Å². The van der Waals surface area contributed by atoms with Crippen LogP contribution in [0.1, 0.15) is 70.6 Å². The SMILES string of the molecule is O=C1NC2/C(=C/C3CCC(O)C(O)C3)C3CCCCC3CN2C2CCCCC12. The molecule has 156 valence electrons. The number of nitrogens with zero attached hydrogens (tertiary/aromatic N) is 1. The molecule has 2 saturated heterocycles. The average molecular weight is 389 g/mol. The van der Waals surface area contributed by atoms with E-state index in [0.717, 1.165) is 25.8 Å². The van der Waals surface area contributed by atoms with Crippen molar-refractivity contribution in [3.8, 4) is 0 Å². The molecule has 8 atom stereocenters. The molecule has 5 heteroatoms. The fourth-order valence-electron chi connectivity index (χ4n) is 6.99. The molecule has 5 fully saturated rings. The second-order valence-electron chi connectivity index (χ2n) is 10.1. The fraction of sp³-hybridized carbons (Fsp3) is 0.870. The topological polar surface area (TPSA) is 72.8 Å². The van der Waals surface area contributed by atoms with E-state index >= 15 is 0 Å². The Bertz CT molecular complexity index is 635. The highest BCUT2D eigenvalue weighted by molar-refractivity contribution is 5.81. The Labute approximate surface area is 168 Å². The molecular formula is C23H36N2O3. The van der Waals surface area contributed by atoms with E-state index in [1.54, 1.807) is 0 Å². The third-order valence-electron chi connectivity index (χ3n) is 8.45. The van der Waals surface area contributed by atoms with E-state index < -0.39 is 12.2 Å². The number of aliphatic hydroxyl groups excluding tert-OH is 2. The third kappa shape index (κ3) is 3.33. The molecule has 5 rings (SSSR count). The Morgan fingerprint density at radius 1 is 0.893 bits per heavy atom. The van der Waals surface area contributed by atoms with Gasteiger partial charge in [0.25, 0.3) is 0 Å². The summed E-state index contributed by atoms with van der Waals surface area (Å²) in [5.74, 6) is 2.06. The van der Waals surface area contributed by atoms with E-state index in [2.05, 4.69) is 16.3 Å². The summed E-state index contributed by atoms with van der Waals surface area (Å²) in [6.45, 7) is 1.14. The minimum Gasteiger partial charge on any atom is -0.390 e. The molecule has 0 aromatic heterocycles. The average Bonchev–Trinajstić information content (AvgIpc) is 2.71. The van der Waals surface area contributed by atoms with E-state index in [9.17, 15) is 15.0 Å². The highest BCUT2D eigenvalue weighted by atomic mass is 16.3.